The second-order valence-corrected chi connectivity index (χ2v) is 5.78. The van der Waals surface area contributed by atoms with E-state index in [0.29, 0.717) is 25.2 Å². The van der Waals surface area contributed by atoms with Crippen molar-refractivity contribution in [3.63, 3.8) is 0 Å². The van der Waals surface area contributed by atoms with E-state index < -0.39 is 5.97 Å². The third-order valence-corrected chi connectivity index (χ3v) is 4.42. The number of ether oxygens (including phenoxy) is 1. The number of nitrogens with zero attached hydrogens (tertiary/aromatic N) is 2. The summed E-state index contributed by atoms with van der Waals surface area (Å²) in [5, 5.41) is 17.6. The molecule has 0 fully saturated rings. The number of carbonyl (C=O) groups excluding carboxylic acids is 1. The quantitative estimate of drug-likeness (QED) is 0.579. The number of hydrogen-bond donors (Lipinski definition) is 0. The molecule has 0 saturated carbocycles. The molecule has 1 aliphatic heterocycles. The Kier molecular flexibility index (Phi) is 6.40. The number of rotatable bonds is 6. The monoisotopic (exact) mass is 344 g/mol. The SMILES string of the molecule is CCOC(=O)C1=NOC(c2c(CC)cc(CC)c(C#[N+][O-])c2CC)C1. The van der Waals surface area contributed by atoms with E-state index in [4.69, 9.17) is 9.57 Å². The molecule has 0 amide bonds. The van der Waals surface area contributed by atoms with Gasteiger partial charge in [0.2, 0.25) is 0 Å². The maximum Gasteiger partial charge on any atom is 0.356 e. The molecule has 1 unspecified atom stereocenters. The lowest BCUT2D eigenvalue weighted by Gasteiger charge is -2.20. The topological polar surface area (TPSA) is 75.3 Å². The highest BCUT2D eigenvalue weighted by molar-refractivity contribution is 6.36. The minimum atomic E-state index is -0.445. The van der Waals surface area contributed by atoms with Crippen LogP contribution in [0.2, 0.25) is 0 Å². The van der Waals surface area contributed by atoms with Crippen LogP contribution in [-0.2, 0) is 33.6 Å². The molecule has 1 aromatic rings. The molecule has 1 aromatic carbocycles. The first-order valence-electron chi connectivity index (χ1n) is 8.76. The van der Waals surface area contributed by atoms with Crippen molar-refractivity contribution < 1.29 is 14.4 Å². The summed E-state index contributed by atoms with van der Waals surface area (Å²) in [5.74, 6) is -0.445. The van der Waals surface area contributed by atoms with Crippen molar-refractivity contribution in [2.45, 2.75) is 59.5 Å². The highest BCUT2D eigenvalue weighted by Gasteiger charge is 2.32. The molecule has 0 aromatic heterocycles. The maximum atomic E-state index is 11.9. The van der Waals surface area contributed by atoms with E-state index in [1.54, 1.807) is 6.92 Å². The van der Waals surface area contributed by atoms with Gasteiger partial charge in [0.15, 0.2) is 11.8 Å². The molecule has 1 heterocycles. The first kappa shape index (κ1) is 18.8. The maximum absolute atomic E-state index is 11.9. The lowest BCUT2D eigenvalue weighted by Crippen LogP contribution is -2.17. The van der Waals surface area contributed by atoms with Crippen molar-refractivity contribution in [2.24, 2.45) is 5.16 Å². The zero-order chi connectivity index (χ0) is 18.4. The highest BCUT2D eigenvalue weighted by atomic mass is 16.6. The molecular weight excluding hydrogens is 320 g/mol. The lowest BCUT2D eigenvalue weighted by molar-refractivity contribution is -0.135. The fourth-order valence-corrected chi connectivity index (χ4v) is 3.27. The Hall–Kier alpha value is -2.55. The number of esters is 1. The summed E-state index contributed by atoms with van der Waals surface area (Å²) in [6, 6.07) is 4.68. The molecular formula is C19H24N2O4. The normalized spacial score (nSPS) is 15.8. The molecule has 0 aliphatic carbocycles. The number of carbonyl (C=O) groups is 1. The van der Waals surface area contributed by atoms with Crippen LogP contribution in [0.3, 0.4) is 0 Å². The second-order valence-electron chi connectivity index (χ2n) is 5.78. The van der Waals surface area contributed by atoms with Crippen molar-refractivity contribution in [3.05, 3.63) is 44.1 Å². The van der Waals surface area contributed by atoms with Gasteiger partial charge in [-0.05, 0) is 42.9 Å². The first-order chi connectivity index (χ1) is 12.1. The van der Waals surface area contributed by atoms with E-state index in [1.165, 1.54) is 0 Å². The minimum Gasteiger partial charge on any atom is -0.498 e. The summed E-state index contributed by atoms with van der Waals surface area (Å²) in [6.45, 7) is 8.19. The zero-order valence-electron chi connectivity index (χ0n) is 15.2. The molecule has 0 bridgehead atoms. The fraction of sp³-hybridized carbons (Fsp3) is 0.526. The molecule has 6 nitrogen and oxygen atoms in total. The van der Waals surface area contributed by atoms with Crippen LogP contribution < -0.4 is 0 Å². The van der Waals surface area contributed by atoms with Gasteiger partial charge in [0.1, 0.15) is 5.56 Å². The summed E-state index contributed by atoms with van der Waals surface area (Å²) in [7, 11) is 0. The Labute approximate surface area is 148 Å². The molecule has 0 spiro atoms. The molecule has 1 aliphatic rings. The third-order valence-electron chi connectivity index (χ3n) is 4.42. The van der Waals surface area contributed by atoms with Crippen LogP contribution in [0.5, 0.6) is 0 Å². The molecule has 0 saturated heterocycles. The Morgan fingerprint density at radius 1 is 1.32 bits per heavy atom. The summed E-state index contributed by atoms with van der Waals surface area (Å²) in [5.41, 5.74) is 5.17. The van der Waals surface area contributed by atoms with Crippen LogP contribution in [0.1, 0.15) is 68.0 Å². The summed E-state index contributed by atoms with van der Waals surface area (Å²) < 4.78 is 5.00. The van der Waals surface area contributed by atoms with Crippen molar-refractivity contribution in [1.29, 1.82) is 0 Å². The van der Waals surface area contributed by atoms with Crippen molar-refractivity contribution in [1.82, 2.24) is 0 Å². The number of aryl methyl sites for hydroxylation is 2. The van der Waals surface area contributed by atoms with Crippen LogP contribution in [0, 0.1) is 11.3 Å². The van der Waals surface area contributed by atoms with Gasteiger partial charge in [-0.3, -0.25) is 0 Å². The van der Waals surface area contributed by atoms with Crippen molar-refractivity contribution in [3.8, 4) is 6.07 Å². The van der Waals surface area contributed by atoms with Gasteiger partial charge in [0.05, 0.1) is 6.61 Å². The summed E-state index contributed by atoms with van der Waals surface area (Å²) in [4.78, 5) is 17.5. The molecule has 0 radical (unpaired) electrons. The minimum absolute atomic E-state index is 0.290. The van der Waals surface area contributed by atoms with Crippen LogP contribution >= 0.6 is 0 Å². The van der Waals surface area contributed by atoms with Crippen LogP contribution in [0.15, 0.2) is 11.2 Å². The molecule has 25 heavy (non-hydrogen) atoms. The largest absolute Gasteiger partial charge is 0.498 e. The van der Waals surface area contributed by atoms with Gasteiger partial charge < -0.3 is 14.8 Å². The second kappa shape index (κ2) is 8.52. The van der Waals surface area contributed by atoms with E-state index >= 15 is 0 Å². The first-order valence-corrected chi connectivity index (χ1v) is 8.76. The standard InChI is InChI=1S/C19H24N2O4/c1-5-12-9-13(6-2)18(14(7-3)15(12)11-20-23)17-10-16(21-25-17)19(22)24-8-4/h9,17H,5-8,10H2,1-4H3. The Morgan fingerprint density at radius 3 is 2.60 bits per heavy atom. The van der Waals surface area contributed by atoms with Crippen LogP contribution in [-0.4, -0.2) is 18.3 Å². The molecule has 6 heteroatoms. The highest BCUT2D eigenvalue weighted by Crippen LogP contribution is 2.36. The van der Waals surface area contributed by atoms with Gasteiger partial charge in [0, 0.05) is 17.0 Å². The van der Waals surface area contributed by atoms with Crippen LogP contribution in [0.4, 0.5) is 0 Å². The smallest absolute Gasteiger partial charge is 0.356 e. The van der Waals surface area contributed by atoms with E-state index in [1.807, 2.05) is 13.8 Å². The number of benzene rings is 1. The van der Waals surface area contributed by atoms with Gasteiger partial charge >= 0.3 is 12.0 Å². The molecule has 134 valence electrons. The van der Waals surface area contributed by atoms with Gasteiger partial charge in [-0.25, -0.2) is 4.79 Å². The Morgan fingerprint density at radius 2 is 2.04 bits per heavy atom. The van der Waals surface area contributed by atoms with Crippen molar-refractivity contribution >= 4 is 11.7 Å². The predicted molar refractivity (Wildman–Crippen MR) is 96.8 cm³/mol. The Balaban J connectivity index is 2.48. The van der Waals surface area contributed by atoms with E-state index in [2.05, 4.69) is 29.2 Å². The van der Waals surface area contributed by atoms with Crippen molar-refractivity contribution in [2.75, 3.05) is 6.61 Å². The Bertz CT molecular complexity index is 744. The van der Waals surface area contributed by atoms with Gasteiger partial charge in [-0.15, -0.1) is 0 Å². The van der Waals surface area contributed by atoms with E-state index in [9.17, 15) is 10.0 Å². The molecule has 1 atom stereocenters. The molecule has 0 N–H and O–H groups in total. The molecule has 2 rings (SSSR count). The van der Waals surface area contributed by atoms with E-state index in [0.717, 1.165) is 40.7 Å². The zero-order valence-corrected chi connectivity index (χ0v) is 15.2. The number of hydrogen-bond acceptors (Lipinski definition) is 5. The van der Waals surface area contributed by atoms with Crippen LogP contribution in [0.25, 0.3) is 5.01 Å². The predicted octanol–water partition coefficient (Wildman–Crippen LogP) is 3.93. The van der Waals surface area contributed by atoms with Gasteiger partial charge in [0.25, 0.3) is 0 Å². The summed E-state index contributed by atoms with van der Waals surface area (Å²) in [6.07, 6.45) is 2.32. The lowest BCUT2D eigenvalue weighted by atomic mass is 9.85. The third kappa shape index (κ3) is 3.76. The van der Waals surface area contributed by atoms with Gasteiger partial charge in [-0.2, -0.15) is 0 Å². The van der Waals surface area contributed by atoms with Gasteiger partial charge in [-0.1, -0.05) is 32.0 Å². The average molecular weight is 344 g/mol. The average Bonchev–Trinajstić information content (AvgIpc) is 3.11. The fourth-order valence-electron chi connectivity index (χ4n) is 3.27. The number of oxime groups is 1. The summed E-state index contributed by atoms with van der Waals surface area (Å²) >= 11 is 0. The van der Waals surface area contributed by atoms with E-state index in [-0.39, 0.29) is 6.10 Å².